The van der Waals surface area contributed by atoms with Crippen molar-refractivity contribution in [2.24, 2.45) is 0 Å². The minimum atomic E-state index is -0.121. The van der Waals surface area contributed by atoms with E-state index >= 15 is 0 Å². The lowest BCUT2D eigenvalue weighted by molar-refractivity contribution is 0.0943. The number of nitrogen functional groups attached to an aromatic ring is 1. The molecule has 0 aliphatic heterocycles. The van der Waals surface area contributed by atoms with E-state index in [9.17, 15) is 4.79 Å². The Labute approximate surface area is 118 Å². The minimum Gasteiger partial charge on any atom is -0.467 e. The van der Waals surface area contributed by atoms with Gasteiger partial charge in [0, 0.05) is 11.6 Å². The topological polar surface area (TPSA) is 80.3 Å². The van der Waals surface area contributed by atoms with E-state index in [2.05, 4.69) is 10.6 Å². The van der Waals surface area contributed by atoms with Crippen molar-refractivity contribution in [1.29, 1.82) is 0 Å². The maximum Gasteiger partial charge on any atom is 0.251 e. The van der Waals surface area contributed by atoms with Crippen LogP contribution in [0.25, 0.3) is 0 Å². The summed E-state index contributed by atoms with van der Waals surface area (Å²) in [6.07, 6.45) is 1.62. The van der Waals surface area contributed by atoms with Crippen LogP contribution in [-0.2, 0) is 6.54 Å². The highest BCUT2D eigenvalue weighted by molar-refractivity contribution is 5.96. The molecule has 0 atom stereocenters. The fourth-order valence-electron chi connectivity index (χ4n) is 1.81. The zero-order valence-corrected chi connectivity index (χ0v) is 11.6. The first-order valence-electron chi connectivity index (χ1n) is 6.53. The van der Waals surface area contributed by atoms with Gasteiger partial charge in [0.25, 0.3) is 5.91 Å². The molecular weight excluding hydrogens is 254 g/mol. The van der Waals surface area contributed by atoms with E-state index in [1.54, 1.807) is 24.5 Å². The van der Waals surface area contributed by atoms with E-state index in [1.165, 1.54) is 0 Å². The van der Waals surface area contributed by atoms with Gasteiger partial charge in [-0.15, -0.1) is 0 Å². The number of carbonyl (C=O) groups excluding carboxylic acids is 1. The maximum absolute atomic E-state index is 11.9. The number of furan rings is 1. The molecule has 4 N–H and O–H groups in total. The maximum atomic E-state index is 11.9. The second-order valence-corrected chi connectivity index (χ2v) is 4.86. The van der Waals surface area contributed by atoms with Crippen molar-refractivity contribution in [2.75, 3.05) is 11.1 Å². The average Bonchev–Trinajstić information content (AvgIpc) is 2.89. The predicted molar refractivity (Wildman–Crippen MR) is 79.5 cm³/mol. The second-order valence-electron chi connectivity index (χ2n) is 4.86. The lowest BCUT2D eigenvalue weighted by atomic mass is 10.1. The quantitative estimate of drug-likeness (QED) is 0.731. The van der Waals surface area contributed by atoms with E-state index < -0.39 is 0 Å². The first kappa shape index (κ1) is 14.0. The Morgan fingerprint density at radius 2 is 2.15 bits per heavy atom. The van der Waals surface area contributed by atoms with Gasteiger partial charge in [0.1, 0.15) is 5.76 Å². The number of nitrogens with one attached hydrogen (secondary N) is 2. The van der Waals surface area contributed by atoms with Gasteiger partial charge in [-0.3, -0.25) is 4.79 Å². The summed E-state index contributed by atoms with van der Waals surface area (Å²) in [7, 11) is 0. The first-order valence-corrected chi connectivity index (χ1v) is 6.53. The molecular formula is C15H19N3O2. The molecule has 0 radical (unpaired) electrons. The van der Waals surface area contributed by atoms with Crippen molar-refractivity contribution in [1.82, 2.24) is 5.32 Å². The molecule has 0 saturated carbocycles. The van der Waals surface area contributed by atoms with Crippen LogP contribution < -0.4 is 16.4 Å². The van der Waals surface area contributed by atoms with E-state index in [0.29, 0.717) is 17.8 Å². The van der Waals surface area contributed by atoms with E-state index in [0.717, 1.165) is 11.4 Å². The Morgan fingerprint density at radius 3 is 2.75 bits per heavy atom. The highest BCUT2D eigenvalue weighted by Gasteiger charge is 2.09. The minimum absolute atomic E-state index is 0.0977. The molecule has 0 aliphatic carbocycles. The van der Waals surface area contributed by atoms with Crippen LogP contribution in [0.3, 0.4) is 0 Å². The number of anilines is 2. The molecule has 0 aliphatic rings. The van der Waals surface area contributed by atoms with Crippen molar-refractivity contribution >= 4 is 17.3 Å². The first-order chi connectivity index (χ1) is 9.56. The van der Waals surface area contributed by atoms with Crippen molar-refractivity contribution in [2.45, 2.75) is 26.4 Å². The predicted octanol–water partition coefficient (Wildman–Crippen LogP) is 2.61. The SMILES string of the molecule is CC(C)NC(=O)c1ccc(NCc2ccco2)c(N)c1. The molecule has 1 aromatic heterocycles. The van der Waals surface area contributed by atoms with Gasteiger partial charge in [-0.25, -0.2) is 0 Å². The van der Waals surface area contributed by atoms with Gasteiger partial charge in [-0.1, -0.05) is 0 Å². The average molecular weight is 273 g/mol. The zero-order valence-electron chi connectivity index (χ0n) is 11.6. The molecule has 2 aromatic rings. The van der Waals surface area contributed by atoms with E-state index in [-0.39, 0.29) is 11.9 Å². The Balaban J connectivity index is 2.04. The lowest BCUT2D eigenvalue weighted by Gasteiger charge is -2.11. The summed E-state index contributed by atoms with van der Waals surface area (Å²) in [5.74, 6) is 0.704. The summed E-state index contributed by atoms with van der Waals surface area (Å²) in [5, 5.41) is 6.00. The molecule has 1 aromatic carbocycles. The zero-order chi connectivity index (χ0) is 14.5. The molecule has 0 bridgehead atoms. The third-order valence-electron chi connectivity index (χ3n) is 2.77. The summed E-state index contributed by atoms with van der Waals surface area (Å²) in [6, 6.07) is 9.03. The standard InChI is InChI=1S/C15H19N3O2/c1-10(2)18-15(19)11-5-6-14(13(16)8-11)17-9-12-4-3-7-20-12/h3-8,10,17H,9,16H2,1-2H3,(H,18,19). The molecule has 1 amide bonds. The number of hydrogen-bond donors (Lipinski definition) is 3. The Bertz CT molecular complexity index is 577. The summed E-state index contributed by atoms with van der Waals surface area (Å²) < 4.78 is 5.23. The summed E-state index contributed by atoms with van der Waals surface area (Å²) in [5.41, 5.74) is 7.83. The van der Waals surface area contributed by atoms with Crippen LogP contribution in [0.4, 0.5) is 11.4 Å². The third kappa shape index (κ3) is 3.54. The number of hydrogen-bond acceptors (Lipinski definition) is 4. The molecule has 2 rings (SSSR count). The number of rotatable bonds is 5. The molecule has 0 saturated heterocycles. The largest absolute Gasteiger partial charge is 0.467 e. The van der Waals surface area contributed by atoms with E-state index in [1.807, 2.05) is 26.0 Å². The molecule has 5 nitrogen and oxygen atoms in total. The Morgan fingerprint density at radius 1 is 1.35 bits per heavy atom. The number of benzene rings is 1. The molecule has 20 heavy (non-hydrogen) atoms. The highest BCUT2D eigenvalue weighted by atomic mass is 16.3. The normalized spacial score (nSPS) is 10.6. The van der Waals surface area contributed by atoms with Crippen molar-refractivity contribution in [3.8, 4) is 0 Å². The number of nitrogens with two attached hydrogens (primary N) is 1. The van der Waals surface area contributed by atoms with Crippen LogP contribution in [0, 0.1) is 0 Å². The fourth-order valence-corrected chi connectivity index (χ4v) is 1.81. The van der Waals surface area contributed by atoms with E-state index in [4.69, 9.17) is 10.2 Å². The molecule has 0 unspecified atom stereocenters. The van der Waals surface area contributed by atoms with Gasteiger partial charge >= 0.3 is 0 Å². The Hall–Kier alpha value is -2.43. The number of carbonyl (C=O) groups is 1. The van der Waals surface area contributed by atoms with Crippen LogP contribution >= 0.6 is 0 Å². The third-order valence-corrected chi connectivity index (χ3v) is 2.77. The Kier molecular flexibility index (Phi) is 4.30. The molecule has 106 valence electrons. The molecule has 5 heteroatoms. The van der Waals surface area contributed by atoms with Gasteiger partial charge in [0.05, 0.1) is 24.2 Å². The summed E-state index contributed by atoms with van der Waals surface area (Å²) in [6.45, 7) is 4.38. The second kappa shape index (κ2) is 6.14. The van der Waals surface area contributed by atoms with Crippen LogP contribution in [-0.4, -0.2) is 11.9 Å². The van der Waals surface area contributed by atoms with Crippen molar-refractivity contribution in [3.05, 3.63) is 47.9 Å². The van der Waals surface area contributed by atoms with Crippen LogP contribution in [0.1, 0.15) is 30.0 Å². The van der Waals surface area contributed by atoms with Gasteiger partial charge < -0.3 is 20.8 Å². The smallest absolute Gasteiger partial charge is 0.251 e. The van der Waals surface area contributed by atoms with Gasteiger partial charge in [0.15, 0.2) is 0 Å². The lowest BCUT2D eigenvalue weighted by Crippen LogP contribution is -2.30. The van der Waals surface area contributed by atoms with Crippen LogP contribution in [0.5, 0.6) is 0 Å². The number of amides is 1. The van der Waals surface area contributed by atoms with Crippen LogP contribution in [0.15, 0.2) is 41.0 Å². The molecule has 1 heterocycles. The molecule has 0 spiro atoms. The van der Waals surface area contributed by atoms with Gasteiger partial charge in [0.2, 0.25) is 0 Å². The van der Waals surface area contributed by atoms with Crippen molar-refractivity contribution in [3.63, 3.8) is 0 Å². The van der Waals surface area contributed by atoms with Crippen molar-refractivity contribution < 1.29 is 9.21 Å². The van der Waals surface area contributed by atoms with Gasteiger partial charge in [-0.2, -0.15) is 0 Å². The summed E-state index contributed by atoms with van der Waals surface area (Å²) >= 11 is 0. The van der Waals surface area contributed by atoms with Gasteiger partial charge in [-0.05, 0) is 44.2 Å². The summed E-state index contributed by atoms with van der Waals surface area (Å²) in [4.78, 5) is 11.9. The highest BCUT2D eigenvalue weighted by Crippen LogP contribution is 2.20. The molecule has 0 fully saturated rings. The monoisotopic (exact) mass is 273 g/mol. The fraction of sp³-hybridized carbons (Fsp3) is 0.267. The van der Waals surface area contributed by atoms with Crippen LogP contribution in [0.2, 0.25) is 0 Å².